The standard InChI is InChI=1S/C19H18FN5O2S2/c20-14-6-8-15(9-7-14)22-17(27)23-18-24-25-19(29-18)28-12-16(26)21-11-10-13-4-2-1-3-5-13/h1-9H,10-12H2,(H,21,26)(H2,22,23,24,27). The Morgan fingerprint density at radius 2 is 1.76 bits per heavy atom. The molecule has 0 radical (unpaired) electrons. The summed E-state index contributed by atoms with van der Waals surface area (Å²) in [5.74, 6) is -0.263. The van der Waals surface area contributed by atoms with Gasteiger partial charge in [-0.1, -0.05) is 53.4 Å². The first-order valence-corrected chi connectivity index (χ1v) is 10.5. The third-order valence-electron chi connectivity index (χ3n) is 3.63. The zero-order valence-corrected chi connectivity index (χ0v) is 16.9. The minimum Gasteiger partial charge on any atom is -0.355 e. The van der Waals surface area contributed by atoms with Crippen LogP contribution in [0.5, 0.6) is 0 Å². The van der Waals surface area contributed by atoms with E-state index >= 15 is 0 Å². The lowest BCUT2D eigenvalue weighted by Gasteiger charge is -2.04. The topological polar surface area (TPSA) is 96.0 Å². The minimum absolute atomic E-state index is 0.0929. The van der Waals surface area contributed by atoms with Gasteiger partial charge in [-0.05, 0) is 36.2 Å². The Balaban J connectivity index is 1.37. The fraction of sp³-hybridized carbons (Fsp3) is 0.158. The minimum atomic E-state index is -0.511. The first-order chi connectivity index (χ1) is 14.1. The van der Waals surface area contributed by atoms with E-state index in [-0.39, 0.29) is 17.5 Å². The molecule has 10 heteroatoms. The second-order valence-electron chi connectivity index (χ2n) is 5.83. The van der Waals surface area contributed by atoms with E-state index in [1.165, 1.54) is 52.9 Å². The molecule has 3 rings (SSSR count). The van der Waals surface area contributed by atoms with Crippen molar-refractivity contribution in [1.29, 1.82) is 0 Å². The number of rotatable bonds is 8. The van der Waals surface area contributed by atoms with Gasteiger partial charge in [0.25, 0.3) is 0 Å². The van der Waals surface area contributed by atoms with E-state index in [1.807, 2.05) is 30.3 Å². The second kappa shape index (κ2) is 10.5. The Morgan fingerprint density at radius 1 is 1.00 bits per heavy atom. The van der Waals surface area contributed by atoms with Crippen molar-refractivity contribution in [2.24, 2.45) is 0 Å². The number of amides is 3. The average molecular weight is 432 g/mol. The van der Waals surface area contributed by atoms with Crippen LogP contribution in [0.4, 0.5) is 20.0 Å². The van der Waals surface area contributed by atoms with Crippen LogP contribution in [0.1, 0.15) is 5.56 Å². The van der Waals surface area contributed by atoms with E-state index in [4.69, 9.17) is 0 Å². The maximum absolute atomic E-state index is 12.9. The predicted octanol–water partition coefficient (Wildman–Crippen LogP) is 3.77. The van der Waals surface area contributed by atoms with Crippen LogP contribution in [-0.4, -0.2) is 34.4 Å². The largest absolute Gasteiger partial charge is 0.355 e. The number of urea groups is 1. The number of halogens is 1. The molecular weight excluding hydrogens is 413 g/mol. The van der Waals surface area contributed by atoms with E-state index in [1.54, 1.807) is 0 Å². The molecule has 0 atom stereocenters. The lowest BCUT2D eigenvalue weighted by molar-refractivity contribution is -0.118. The highest BCUT2D eigenvalue weighted by atomic mass is 32.2. The number of anilines is 2. The number of carbonyl (C=O) groups excluding carboxylic acids is 2. The molecule has 0 bridgehead atoms. The summed E-state index contributed by atoms with van der Waals surface area (Å²) in [6.07, 6.45) is 0.771. The van der Waals surface area contributed by atoms with Crippen LogP contribution >= 0.6 is 23.1 Å². The number of aromatic nitrogens is 2. The number of thioether (sulfide) groups is 1. The fourth-order valence-corrected chi connectivity index (χ4v) is 3.86. The molecular formula is C19H18FN5O2S2. The second-order valence-corrected chi connectivity index (χ2v) is 8.03. The third-order valence-corrected chi connectivity index (χ3v) is 5.61. The summed E-state index contributed by atoms with van der Waals surface area (Å²) in [5, 5.41) is 16.1. The lowest BCUT2D eigenvalue weighted by atomic mass is 10.1. The monoisotopic (exact) mass is 431 g/mol. The molecule has 0 spiro atoms. The SMILES string of the molecule is O=C(CSc1nnc(NC(=O)Nc2ccc(F)cc2)s1)NCCc1ccccc1. The molecule has 2 aromatic carbocycles. The summed E-state index contributed by atoms with van der Waals surface area (Å²) >= 11 is 2.41. The number of hydrogen-bond acceptors (Lipinski definition) is 6. The molecule has 1 heterocycles. The normalized spacial score (nSPS) is 10.4. The maximum atomic E-state index is 12.9. The predicted molar refractivity (Wildman–Crippen MR) is 113 cm³/mol. The van der Waals surface area contributed by atoms with Gasteiger partial charge >= 0.3 is 6.03 Å². The molecule has 29 heavy (non-hydrogen) atoms. The van der Waals surface area contributed by atoms with Crippen molar-refractivity contribution in [1.82, 2.24) is 15.5 Å². The fourth-order valence-electron chi connectivity index (χ4n) is 2.28. The van der Waals surface area contributed by atoms with Crippen molar-refractivity contribution in [3.8, 4) is 0 Å². The van der Waals surface area contributed by atoms with E-state index in [2.05, 4.69) is 26.1 Å². The summed E-state index contributed by atoms with van der Waals surface area (Å²) < 4.78 is 13.4. The van der Waals surface area contributed by atoms with E-state index < -0.39 is 6.03 Å². The Labute approximate surface area is 175 Å². The first-order valence-electron chi connectivity index (χ1n) is 8.69. The zero-order chi connectivity index (χ0) is 20.5. The van der Waals surface area contributed by atoms with Gasteiger partial charge in [0.1, 0.15) is 5.82 Å². The Hall–Kier alpha value is -2.98. The molecule has 0 saturated carbocycles. The van der Waals surface area contributed by atoms with Gasteiger partial charge in [0.15, 0.2) is 4.34 Å². The third kappa shape index (κ3) is 7.16. The van der Waals surface area contributed by atoms with Gasteiger partial charge in [0, 0.05) is 12.2 Å². The Bertz CT molecular complexity index is 951. The smallest absolute Gasteiger partial charge is 0.325 e. The molecule has 0 aliphatic heterocycles. The van der Waals surface area contributed by atoms with Gasteiger partial charge in [-0.2, -0.15) is 0 Å². The summed E-state index contributed by atoms with van der Waals surface area (Å²) in [7, 11) is 0. The number of carbonyl (C=O) groups is 2. The summed E-state index contributed by atoms with van der Waals surface area (Å²) in [6, 6.07) is 14.8. The molecule has 3 aromatic rings. The van der Waals surface area contributed by atoms with Crippen LogP contribution in [0.15, 0.2) is 58.9 Å². The van der Waals surface area contributed by atoms with Crippen LogP contribution in [0.2, 0.25) is 0 Å². The van der Waals surface area contributed by atoms with Crippen LogP contribution in [0, 0.1) is 5.82 Å². The molecule has 0 aliphatic carbocycles. The van der Waals surface area contributed by atoms with Gasteiger partial charge in [0.2, 0.25) is 11.0 Å². The van der Waals surface area contributed by atoms with Crippen molar-refractivity contribution in [3.63, 3.8) is 0 Å². The van der Waals surface area contributed by atoms with Gasteiger partial charge in [-0.25, -0.2) is 9.18 Å². The average Bonchev–Trinajstić information content (AvgIpc) is 3.16. The van der Waals surface area contributed by atoms with Gasteiger partial charge in [-0.15, -0.1) is 10.2 Å². The summed E-state index contributed by atoms with van der Waals surface area (Å²) in [5.41, 5.74) is 1.62. The summed E-state index contributed by atoms with van der Waals surface area (Å²) in [6.45, 7) is 0.565. The maximum Gasteiger partial charge on any atom is 0.325 e. The van der Waals surface area contributed by atoms with Gasteiger partial charge in [0.05, 0.1) is 5.75 Å². The Kier molecular flexibility index (Phi) is 7.54. The molecule has 0 aliphatic rings. The number of nitrogens with zero attached hydrogens (tertiary/aromatic N) is 2. The molecule has 7 nitrogen and oxygen atoms in total. The van der Waals surface area contributed by atoms with Crippen molar-refractivity contribution < 1.29 is 14.0 Å². The molecule has 3 N–H and O–H groups in total. The van der Waals surface area contributed by atoms with Crippen molar-refractivity contribution in [3.05, 3.63) is 66.0 Å². The van der Waals surface area contributed by atoms with E-state index in [0.717, 1.165) is 6.42 Å². The van der Waals surface area contributed by atoms with Gasteiger partial charge in [-0.3, -0.25) is 10.1 Å². The first kappa shape index (κ1) is 20.7. The molecule has 0 saturated heterocycles. The van der Waals surface area contributed by atoms with Crippen LogP contribution in [0.3, 0.4) is 0 Å². The molecule has 1 aromatic heterocycles. The molecule has 3 amide bonds. The Morgan fingerprint density at radius 3 is 2.52 bits per heavy atom. The molecule has 150 valence electrons. The quantitative estimate of drug-likeness (QED) is 0.373. The lowest BCUT2D eigenvalue weighted by Crippen LogP contribution is -2.27. The number of hydrogen-bond donors (Lipinski definition) is 3. The van der Waals surface area contributed by atoms with E-state index in [0.29, 0.717) is 21.7 Å². The highest BCUT2D eigenvalue weighted by Crippen LogP contribution is 2.25. The van der Waals surface area contributed by atoms with Crippen molar-refractivity contribution in [2.75, 3.05) is 22.9 Å². The van der Waals surface area contributed by atoms with Crippen LogP contribution < -0.4 is 16.0 Å². The molecule has 0 unspecified atom stereocenters. The van der Waals surface area contributed by atoms with Crippen LogP contribution in [0.25, 0.3) is 0 Å². The van der Waals surface area contributed by atoms with Crippen molar-refractivity contribution >= 4 is 45.9 Å². The zero-order valence-electron chi connectivity index (χ0n) is 15.2. The highest BCUT2D eigenvalue weighted by Gasteiger charge is 2.10. The van der Waals surface area contributed by atoms with E-state index in [9.17, 15) is 14.0 Å². The van der Waals surface area contributed by atoms with Gasteiger partial charge < -0.3 is 10.6 Å². The van der Waals surface area contributed by atoms with Crippen molar-refractivity contribution in [2.45, 2.75) is 10.8 Å². The highest BCUT2D eigenvalue weighted by molar-refractivity contribution is 8.01. The summed E-state index contributed by atoms with van der Waals surface area (Å²) in [4.78, 5) is 23.9. The van der Waals surface area contributed by atoms with Crippen LogP contribution in [-0.2, 0) is 11.2 Å². The number of benzene rings is 2. The molecule has 0 fully saturated rings. The number of nitrogens with one attached hydrogen (secondary N) is 3.